The Kier molecular flexibility index (Phi) is 5.16. The number of nitrogens with one attached hydrogen (secondary N) is 1. The molecule has 22 heavy (non-hydrogen) atoms. The second-order valence-electron chi connectivity index (χ2n) is 4.96. The molecule has 1 aliphatic heterocycles. The predicted octanol–water partition coefficient (Wildman–Crippen LogP) is -0.442. The number of urea groups is 1. The highest BCUT2D eigenvalue weighted by Crippen LogP contribution is 2.24. The maximum atomic E-state index is 12.5. The van der Waals surface area contributed by atoms with Crippen LogP contribution in [0, 0.1) is 6.92 Å². The zero-order valence-electron chi connectivity index (χ0n) is 12.1. The van der Waals surface area contributed by atoms with Crippen LogP contribution in [-0.4, -0.2) is 62.3 Å². The van der Waals surface area contributed by atoms with Crippen LogP contribution in [0.1, 0.15) is 4.88 Å². The number of aryl methyl sites for hydroxylation is 1. The molecule has 10 heteroatoms. The second-order valence-corrected chi connectivity index (χ2v) is 8.41. The summed E-state index contributed by atoms with van der Waals surface area (Å²) in [6, 6.07) is 2.50. The van der Waals surface area contributed by atoms with Gasteiger partial charge in [0.1, 0.15) is 4.21 Å². The molecule has 1 saturated heterocycles. The molecule has 0 radical (unpaired) electrons. The summed E-state index contributed by atoms with van der Waals surface area (Å²) in [5.41, 5.74) is 4.87. The Bertz CT molecular complexity index is 662. The zero-order valence-corrected chi connectivity index (χ0v) is 13.7. The lowest BCUT2D eigenvalue weighted by molar-refractivity contribution is -0.121. The Hall–Kier alpha value is -1.49. The highest BCUT2D eigenvalue weighted by molar-refractivity contribution is 7.91. The van der Waals surface area contributed by atoms with Crippen molar-refractivity contribution in [1.82, 2.24) is 14.5 Å². The fourth-order valence-electron chi connectivity index (χ4n) is 2.19. The fourth-order valence-corrected chi connectivity index (χ4v) is 5.05. The molecule has 3 amide bonds. The van der Waals surface area contributed by atoms with Gasteiger partial charge in [-0.1, -0.05) is 0 Å². The SMILES string of the molecule is Cc1ccc(S(=O)(=O)N2CCN(CC(=O)NC(N)=O)CC2)s1. The van der Waals surface area contributed by atoms with Crippen molar-refractivity contribution in [2.45, 2.75) is 11.1 Å². The number of primary amides is 1. The number of hydrogen-bond acceptors (Lipinski definition) is 6. The number of thiophene rings is 1. The van der Waals surface area contributed by atoms with Gasteiger partial charge in [0.05, 0.1) is 6.54 Å². The highest BCUT2D eigenvalue weighted by Gasteiger charge is 2.30. The van der Waals surface area contributed by atoms with Crippen LogP contribution < -0.4 is 11.1 Å². The molecule has 0 atom stereocenters. The lowest BCUT2D eigenvalue weighted by Gasteiger charge is -2.33. The van der Waals surface area contributed by atoms with E-state index in [1.54, 1.807) is 17.0 Å². The predicted molar refractivity (Wildman–Crippen MR) is 82.0 cm³/mol. The van der Waals surface area contributed by atoms with Crippen LogP contribution in [0.3, 0.4) is 0 Å². The third kappa shape index (κ3) is 4.03. The van der Waals surface area contributed by atoms with Crippen LogP contribution >= 0.6 is 11.3 Å². The van der Waals surface area contributed by atoms with E-state index in [0.717, 1.165) is 4.88 Å². The van der Waals surface area contributed by atoms with Crippen molar-refractivity contribution in [2.24, 2.45) is 5.73 Å². The number of nitrogens with two attached hydrogens (primary N) is 1. The molecule has 0 aliphatic carbocycles. The molecule has 1 aliphatic rings. The molecule has 122 valence electrons. The third-order valence-corrected chi connectivity index (χ3v) is 6.64. The first-order chi connectivity index (χ1) is 10.3. The summed E-state index contributed by atoms with van der Waals surface area (Å²) in [5.74, 6) is -0.488. The number of nitrogens with zero attached hydrogens (tertiary/aromatic N) is 2. The van der Waals surface area contributed by atoms with E-state index in [1.807, 2.05) is 12.2 Å². The van der Waals surface area contributed by atoms with E-state index in [9.17, 15) is 18.0 Å². The molecule has 2 heterocycles. The standard InChI is InChI=1S/C12H18N4O4S2/c1-9-2-3-11(21-9)22(19,20)16-6-4-15(5-7-16)8-10(17)14-12(13)18/h2-3H,4-8H2,1H3,(H3,13,14,17,18). The first-order valence-corrected chi connectivity index (χ1v) is 8.93. The normalized spacial score (nSPS) is 17.3. The van der Waals surface area contributed by atoms with Crippen molar-refractivity contribution < 1.29 is 18.0 Å². The Morgan fingerprint density at radius 1 is 1.27 bits per heavy atom. The average molecular weight is 346 g/mol. The van der Waals surface area contributed by atoms with Gasteiger partial charge in [-0.15, -0.1) is 11.3 Å². The summed E-state index contributed by atoms with van der Waals surface area (Å²) in [6.45, 7) is 3.35. The average Bonchev–Trinajstić information content (AvgIpc) is 2.86. The smallest absolute Gasteiger partial charge is 0.318 e. The minimum absolute atomic E-state index is 0.0228. The van der Waals surface area contributed by atoms with Gasteiger partial charge in [0.2, 0.25) is 5.91 Å². The molecule has 1 fully saturated rings. The zero-order chi connectivity index (χ0) is 16.3. The molecule has 8 nitrogen and oxygen atoms in total. The number of carbonyl (C=O) groups is 2. The topological polar surface area (TPSA) is 113 Å². The summed E-state index contributed by atoms with van der Waals surface area (Å²) in [7, 11) is -3.46. The first-order valence-electron chi connectivity index (χ1n) is 6.67. The highest BCUT2D eigenvalue weighted by atomic mass is 32.2. The van der Waals surface area contributed by atoms with Crippen molar-refractivity contribution in [3.63, 3.8) is 0 Å². The molecule has 0 bridgehead atoms. The molecular formula is C12H18N4O4S2. The van der Waals surface area contributed by atoms with Gasteiger partial charge in [0.25, 0.3) is 10.0 Å². The van der Waals surface area contributed by atoms with Crippen LogP contribution in [0.25, 0.3) is 0 Å². The van der Waals surface area contributed by atoms with Crippen molar-refractivity contribution >= 4 is 33.3 Å². The monoisotopic (exact) mass is 346 g/mol. The van der Waals surface area contributed by atoms with Crippen molar-refractivity contribution in [2.75, 3.05) is 32.7 Å². The number of piperazine rings is 1. The molecule has 0 spiro atoms. The lowest BCUT2D eigenvalue weighted by atomic mass is 10.3. The first kappa shape index (κ1) is 16.9. The molecule has 0 saturated carbocycles. The molecular weight excluding hydrogens is 328 g/mol. The molecule has 0 aromatic carbocycles. The lowest BCUT2D eigenvalue weighted by Crippen LogP contribution is -2.51. The number of amides is 3. The summed E-state index contributed by atoms with van der Waals surface area (Å²) in [5, 5.41) is 1.99. The van der Waals surface area contributed by atoms with E-state index in [2.05, 4.69) is 0 Å². The van der Waals surface area contributed by atoms with Gasteiger partial charge >= 0.3 is 6.03 Å². The molecule has 1 aromatic rings. The van der Waals surface area contributed by atoms with Gasteiger partial charge in [-0.2, -0.15) is 4.31 Å². The summed E-state index contributed by atoms with van der Waals surface area (Å²) in [4.78, 5) is 24.7. The van der Waals surface area contributed by atoms with Gasteiger partial charge in [-0.3, -0.25) is 15.0 Å². The van der Waals surface area contributed by atoms with Crippen LogP contribution in [0.4, 0.5) is 4.79 Å². The number of hydrogen-bond donors (Lipinski definition) is 2. The number of imide groups is 1. The fraction of sp³-hybridized carbons (Fsp3) is 0.500. The van der Waals surface area contributed by atoms with Gasteiger partial charge in [0.15, 0.2) is 0 Å². The summed E-state index contributed by atoms with van der Waals surface area (Å²) < 4.78 is 26.7. The van der Waals surface area contributed by atoms with Gasteiger partial charge < -0.3 is 5.73 Å². The summed E-state index contributed by atoms with van der Waals surface area (Å²) in [6.07, 6.45) is 0. The third-order valence-electron chi connectivity index (χ3n) is 3.27. The van der Waals surface area contributed by atoms with E-state index in [1.165, 1.54) is 15.6 Å². The second kappa shape index (κ2) is 6.73. The van der Waals surface area contributed by atoms with Crippen LogP contribution in [0.5, 0.6) is 0 Å². The van der Waals surface area contributed by atoms with E-state index < -0.39 is 22.0 Å². The van der Waals surface area contributed by atoms with E-state index in [0.29, 0.717) is 30.4 Å². The molecule has 3 N–H and O–H groups in total. The molecule has 1 aromatic heterocycles. The Balaban J connectivity index is 1.92. The van der Waals surface area contributed by atoms with Gasteiger partial charge in [-0.05, 0) is 19.1 Å². The summed E-state index contributed by atoms with van der Waals surface area (Å²) >= 11 is 1.25. The van der Waals surface area contributed by atoms with Crippen LogP contribution in [-0.2, 0) is 14.8 Å². The van der Waals surface area contributed by atoms with E-state index >= 15 is 0 Å². The van der Waals surface area contributed by atoms with Crippen LogP contribution in [0.15, 0.2) is 16.3 Å². The quantitative estimate of drug-likeness (QED) is 0.767. The van der Waals surface area contributed by atoms with Gasteiger partial charge in [-0.25, -0.2) is 13.2 Å². The maximum Gasteiger partial charge on any atom is 0.318 e. The Morgan fingerprint density at radius 3 is 2.41 bits per heavy atom. The van der Waals surface area contributed by atoms with E-state index in [4.69, 9.17) is 5.73 Å². The number of carbonyl (C=O) groups excluding carboxylic acids is 2. The maximum absolute atomic E-state index is 12.5. The van der Waals surface area contributed by atoms with E-state index in [-0.39, 0.29) is 6.54 Å². The molecule has 0 unspecified atom stereocenters. The van der Waals surface area contributed by atoms with Crippen molar-refractivity contribution in [3.8, 4) is 0 Å². The van der Waals surface area contributed by atoms with Gasteiger partial charge in [0, 0.05) is 31.1 Å². The van der Waals surface area contributed by atoms with Crippen LogP contribution in [0.2, 0.25) is 0 Å². The largest absolute Gasteiger partial charge is 0.351 e. The van der Waals surface area contributed by atoms with Crippen molar-refractivity contribution in [1.29, 1.82) is 0 Å². The number of sulfonamides is 1. The minimum Gasteiger partial charge on any atom is -0.351 e. The number of rotatable bonds is 4. The Labute approximate surface area is 132 Å². The Morgan fingerprint density at radius 2 is 1.91 bits per heavy atom. The molecule has 2 rings (SSSR count). The minimum atomic E-state index is -3.46. The van der Waals surface area contributed by atoms with Crippen molar-refractivity contribution in [3.05, 3.63) is 17.0 Å².